The molecule has 2 aromatic carbocycles. The van der Waals surface area contributed by atoms with Crippen LogP contribution in [0.5, 0.6) is 0 Å². The predicted molar refractivity (Wildman–Crippen MR) is 114 cm³/mol. The molecular formula is C21H18ClN5OS. The second-order valence-electron chi connectivity index (χ2n) is 6.52. The zero-order valence-corrected chi connectivity index (χ0v) is 17.5. The number of halogens is 1. The van der Waals surface area contributed by atoms with E-state index in [9.17, 15) is 4.79 Å². The Kier molecular flexibility index (Phi) is 5.51. The van der Waals surface area contributed by atoms with Gasteiger partial charge in [0.1, 0.15) is 0 Å². The summed E-state index contributed by atoms with van der Waals surface area (Å²) >= 11 is 7.32. The molecule has 0 N–H and O–H groups in total. The molecule has 0 amide bonds. The number of benzene rings is 2. The van der Waals surface area contributed by atoms with Crippen molar-refractivity contribution in [2.24, 2.45) is 0 Å². The smallest absolute Gasteiger partial charge is 0.214 e. The molecule has 0 saturated carbocycles. The molecule has 4 rings (SSSR count). The lowest BCUT2D eigenvalue weighted by atomic mass is 10.2. The minimum absolute atomic E-state index is 0.0333. The van der Waals surface area contributed by atoms with Crippen molar-refractivity contribution >= 4 is 29.1 Å². The Bertz CT molecular complexity index is 1150. The highest BCUT2D eigenvalue weighted by molar-refractivity contribution is 7.99. The number of hydrogen-bond acceptors (Lipinski definition) is 5. The average Bonchev–Trinajstić information content (AvgIpc) is 3.32. The molecule has 0 aliphatic heterocycles. The molecule has 0 aliphatic rings. The molecule has 29 heavy (non-hydrogen) atoms. The van der Waals surface area contributed by atoms with Gasteiger partial charge < -0.3 is 4.57 Å². The van der Waals surface area contributed by atoms with Crippen molar-refractivity contribution in [1.82, 2.24) is 24.8 Å². The van der Waals surface area contributed by atoms with Crippen LogP contribution in [0.15, 0.2) is 65.8 Å². The molecule has 0 unspecified atom stereocenters. The van der Waals surface area contributed by atoms with Crippen LogP contribution in [-0.2, 0) is 0 Å². The fraction of sp³-hybridized carbons (Fsp3) is 0.143. The van der Waals surface area contributed by atoms with Gasteiger partial charge in [0.2, 0.25) is 5.16 Å². The monoisotopic (exact) mass is 423 g/mol. The van der Waals surface area contributed by atoms with Gasteiger partial charge in [-0.2, -0.15) is 4.68 Å². The highest BCUT2D eigenvalue weighted by Crippen LogP contribution is 2.25. The van der Waals surface area contributed by atoms with E-state index in [0.717, 1.165) is 22.8 Å². The molecule has 0 atom stereocenters. The standard InChI is InChI=1S/C21H18ClN5OS/c1-14-12-19(15(2)26(14)17-10-8-16(22)9-11-17)20(28)13-29-21-23-24-25-27(21)18-6-4-3-5-7-18/h3-12H,13H2,1-2H3. The summed E-state index contributed by atoms with van der Waals surface area (Å²) < 4.78 is 3.69. The molecule has 0 fully saturated rings. The average molecular weight is 424 g/mol. The zero-order valence-electron chi connectivity index (χ0n) is 15.9. The van der Waals surface area contributed by atoms with Crippen LogP contribution in [-0.4, -0.2) is 36.3 Å². The summed E-state index contributed by atoms with van der Waals surface area (Å²) in [5.41, 5.74) is 4.42. The van der Waals surface area contributed by atoms with Crippen LogP contribution >= 0.6 is 23.4 Å². The predicted octanol–water partition coefficient (Wildman–Crippen LogP) is 4.70. The third-order valence-electron chi connectivity index (χ3n) is 4.59. The Morgan fingerprint density at radius 3 is 2.48 bits per heavy atom. The van der Waals surface area contributed by atoms with E-state index in [1.165, 1.54) is 11.8 Å². The van der Waals surface area contributed by atoms with Crippen molar-refractivity contribution in [3.05, 3.63) is 82.6 Å². The first-order valence-electron chi connectivity index (χ1n) is 8.99. The van der Waals surface area contributed by atoms with Crippen molar-refractivity contribution in [3.63, 3.8) is 0 Å². The molecule has 2 aromatic heterocycles. The van der Waals surface area contributed by atoms with Crippen LogP contribution in [0.4, 0.5) is 0 Å². The maximum Gasteiger partial charge on any atom is 0.214 e. The van der Waals surface area contributed by atoms with Crippen LogP contribution in [0, 0.1) is 13.8 Å². The Morgan fingerprint density at radius 1 is 1.03 bits per heavy atom. The lowest BCUT2D eigenvalue weighted by molar-refractivity contribution is 0.102. The number of Topliss-reactive ketones (excluding diaryl/α,β-unsaturated/α-hetero) is 1. The normalized spacial score (nSPS) is 11.0. The topological polar surface area (TPSA) is 65.6 Å². The van der Waals surface area contributed by atoms with Crippen LogP contribution in [0.2, 0.25) is 5.02 Å². The molecule has 0 radical (unpaired) electrons. The third-order valence-corrected chi connectivity index (χ3v) is 5.76. The van der Waals surface area contributed by atoms with Gasteiger partial charge in [-0.05, 0) is 66.7 Å². The summed E-state index contributed by atoms with van der Waals surface area (Å²) in [5, 5.41) is 13.1. The number of rotatable bonds is 6. The van der Waals surface area contributed by atoms with Crippen molar-refractivity contribution in [3.8, 4) is 11.4 Å². The molecule has 8 heteroatoms. The van der Waals surface area contributed by atoms with E-state index >= 15 is 0 Å². The van der Waals surface area contributed by atoms with Gasteiger partial charge in [-0.3, -0.25) is 4.79 Å². The minimum Gasteiger partial charge on any atom is -0.318 e. The molecule has 0 bridgehead atoms. The first-order chi connectivity index (χ1) is 14.0. The van der Waals surface area contributed by atoms with Gasteiger partial charge in [-0.15, -0.1) is 5.10 Å². The number of thioether (sulfide) groups is 1. The van der Waals surface area contributed by atoms with Crippen molar-refractivity contribution < 1.29 is 4.79 Å². The Balaban J connectivity index is 1.54. The van der Waals surface area contributed by atoms with Crippen molar-refractivity contribution in [1.29, 1.82) is 0 Å². The highest BCUT2D eigenvalue weighted by atomic mass is 35.5. The molecule has 2 heterocycles. The van der Waals surface area contributed by atoms with E-state index < -0.39 is 0 Å². The van der Waals surface area contributed by atoms with Crippen LogP contribution in [0.1, 0.15) is 21.7 Å². The van der Waals surface area contributed by atoms with Gasteiger partial charge in [0, 0.05) is 27.7 Å². The lowest BCUT2D eigenvalue weighted by Crippen LogP contribution is -2.07. The first kappa shape index (κ1) is 19.4. The largest absolute Gasteiger partial charge is 0.318 e. The maximum absolute atomic E-state index is 12.9. The minimum atomic E-state index is 0.0333. The van der Waals surface area contributed by atoms with E-state index in [-0.39, 0.29) is 11.5 Å². The van der Waals surface area contributed by atoms with E-state index in [4.69, 9.17) is 11.6 Å². The number of carbonyl (C=O) groups excluding carboxylic acids is 1. The summed E-state index contributed by atoms with van der Waals surface area (Å²) in [6, 6.07) is 19.1. The summed E-state index contributed by atoms with van der Waals surface area (Å²) in [7, 11) is 0. The van der Waals surface area contributed by atoms with Crippen LogP contribution < -0.4 is 0 Å². The van der Waals surface area contributed by atoms with Crippen molar-refractivity contribution in [2.75, 3.05) is 5.75 Å². The van der Waals surface area contributed by atoms with E-state index in [0.29, 0.717) is 15.7 Å². The highest BCUT2D eigenvalue weighted by Gasteiger charge is 2.18. The molecule has 6 nitrogen and oxygen atoms in total. The Morgan fingerprint density at radius 2 is 1.76 bits per heavy atom. The molecule has 146 valence electrons. The van der Waals surface area contributed by atoms with Gasteiger partial charge in [-0.1, -0.05) is 41.6 Å². The fourth-order valence-corrected chi connectivity index (χ4v) is 4.14. The van der Waals surface area contributed by atoms with Gasteiger partial charge in [-0.25, -0.2) is 0 Å². The fourth-order valence-electron chi connectivity index (χ4n) is 3.24. The molecule has 0 saturated heterocycles. The summed E-state index contributed by atoms with van der Waals surface area (Å²) in [6.07, 6.45) is 0. The first-order valence-corrected chi connectivity index (χ1v) is 10.4. The summed E-state index contributed by atoms with van der Waals surface area (Å²) in [6.45, 7) is 3.94. The van der Waals surface area contributed by atoms with Gasteiger partial charge in [0.05, 0.1) is 11.4 Å². The summed E-state index contributed by atoms with van der Waals surface area (Å²) in [4.78, 5) is 12.9. The summed E-state index contributed by atoms with van der Waals surface area (Å²) in [5.74, 6) is 0.281. The molecule has 0 spiro atoms. The zero-order chi connectivity index (χ0) is 20.4. The number of aryl methyl sites for hydroxylation is 1. The number of nitrogens with zero attached hydrogens (tertiary/aromatic N) is 5. The number of carbonyl (C=O) groups is 1. The van der Waals surface area contributed by atoms with Gasteiger partial charge >= 0.3 is 0 Å². The number of ketones is 1. The van der Waals surface area contributed by atoms with Crippen LogP contribution in [0.25, 0.3) is 11.4 Å². The quantitative estimate of drug-likeness (QED) is 0.332. The van der Waals surface area contributed by atoms with E-state index in [2.05, 4.69) is 20.1 Å². The van der Waals surface area contributed by atoms with E-state index in [1.807, 2.05) is 74.5 Å². The SMILES string of the molecule is Cc1cc(C(=O)CSc2nnnn2-c2ccccc2)c(C)n1-c1ccc(Cl)cc1. The third kappa shape index (κ3) is 3.97. The molecular weight excluding hydrogens is 406 g/mol. The molecule has 0 aliphatic carbocycles. The Hall–Kier alpha value is -2.90. The number of tetrazole rings is 1. The number of hydrogen-bond donors (Lipinski definition) is 0. The van der Waals surface area contributed by atoms with Crippen molar-refractivity contribution in [2.45, 2.75) is 19.0 Å². The lowest BCUT2D eigenvalue weighted by Gasteiger charge is -2.10. The number of aromatic nitrogens is 5. The second-order valence-corrected chi connectivity index (χ2v) is 7.90. The van der Waals surface area contributed by atoms with E-state index in [1.54, 1.807) is 4.68 Å². The van der Waals surface area contributed by atoms with Gasteiger partial charge in [0.25, 0.3) is 0 Å². The maximum atomic E-state index is 12.9. The second kappa shape index (κ2) is 8.23. The Labute approximate surface area is 177 Å². The number of para-hydroxylation sites is 1. The van der Waals surface area contributed by atoms with Gasteiger partial charge in [0.15, 0.2) is 5.78 Å². The van der Waals surface area contributed by atoms with Crippen LogP contribution in [0.3, 0.4) is 0 Å². The molecule has 4 aromatic rings.